The lowest BCUT2D eigenvalue weighted by Crippen LogP contribution is -2.47. The molecule has 118 valence electrons. The summed E-state index contributed by atoms with van der Waals surface area (Å²) >= 11 is 6.09. The van der Waals surface area contributed by atoms with E-state index in [9.17, 15) is 0 Å². The van der Waals surface area contributed by atoms with Gasteiger partial charge in [-0.05, 0) is 30.3 Å². The van der Waals surface area contributed by atoms with Gasteiger partial charge in [-0.2, -0.15) is 9.50 Å². The number of fused-ring (bicyclic) bond motifs is 1. The monoisotopic (exact) mass is 328 g/mol. The number of nitrogens with two attached hydrogens (primary N) is 1. The Kier molecular flexibility index (Phi) is 3.46. The first-order valence-corrected chi connectivity index (χ1v) is 7.95. The summed E-state index contributed by atoms with van der Waals surface area (Å²) < 4.78 is 1.81. The Morgan fingerprint density at radius 2 is 1.70 bits per heavy atom. The van der Waals surface area contributed by atoms with Crippen LogP contribution in [0.2, 0.25) is 5.02 Å². The number of nitrogens with zero attached hydrogens (tertiary/aromatic N) is 5. The van der Waals surface area contributed by atoms with Crippen molar-refractivity contribution in [2.75, 3.05) is 41.7 Å². The summed E-state index contributed by atoms with van der Waals surface area (Å²) in [5, 5.41) is 5.06. The molecule has 0 aliphatic carbocycles. The number of piperazine rings is 1. The van der Waals surface area contributed by atoms with Crippen molar-refractivity contribution in [1.82, 2.24) is 14.6 Å². The molecule has 6 nitrogen and oxygen atoms in total. The van der Waals surface area contributed by atoms with Crippen LogP contribution in [-0.4, -0.2) is 40.8 Å². The molecule has 1 aliphatic heterocycles. The van der Waals surface area contributed by atoms with E-state index < -0.39 is 0 Å². The molecule has 0 atom stereocenters. The predicted octanol–water partition coefficient (Wildman–Crippen LogP) is 2.29. The summed E-state index contributed by atoms with van der Waals surface area (Å²) in [5.41, 5.74) is 7.66. The molecule has 1 fully saturated rings. The molecule has 0 unspecified atom stereocenters. The average molecular weight is 329 g/mol. The fraction of sp³-hybridized carbons (Fsp3) is 0.250. The summed E-state index contributed by atoms with van der Waals surface area (Å²) in [6.07, 6.45) is 0. The van der Waals surface area contributed by atoms with Crippen LogP contribution in [0.1, 0.15) is 0 Å². The van der Waals surface area contributed by atoms with E-state index in [0.29, 0.717) is 5.95 Å². The van der Waals surface area contributed by atoms with Gasteiger partial charge in [-0.3, -0.25) is 0 Å². The molecule has 7 heteroatoms. The molecule has 0 bridgehead atoms. The Hall–Kier alpha value is -2.47. The van der Waals surface area contributed by atoms with Crippen LogP contribution in [0.5, 0.6) is 0 Å². The molecular formula is C16H17ClN6. The number of hydrogen-bond acceptors (Lipinski definition) is 5. The second-order valence-corrected chi connectivity index (χ2v) is 6.01. The van der Waals surface area contributed by atoms with E-state index in [1.807, 2.05) is 34.8 Å². The van der Waals surface area contributed by atoms with Crippen LogP contribution >= 0.6 is 11.6 Å². The lowest BCUT2D eigenvalue weighted by molar-refractivity contribution is 0.640. The lowest BCUT2D eigenvalue weighted by atomic mass is 10.2. The van der Waals surface area contributed by atoms with Crippen LogP contribution in [0.25, 0.3) is 5.65 Å². The van der Waals surface area contributed by atoms with Crippen LogP contribution in [-0.2, 0) is 0 Å². The first-order chi connectivity index (χ1) is 11.2. The Morgan fingerprint density at radius 3 is 2.48 bits per heavy atom. The van der Waals surface area contributed by atoms with Gasteiger partial charge in [-0.1, -0.05) is 23.7 Å². The number of halogens is 1. The van der Waals surface area contributed by atoms with Crippen molar-refractivity contribution < 1.29 is 0 Å². The third-order valence-electron chi connectivity index (χ3n) is 4.13. The lowest BCUT2D eigenvalue weighted by Gasteiger charge is -2.37. The van der Waals surface area contributed by atoms with Crippen LogP contribution < -0.4 is 15.5 Å². The smallest absolute Gasteiger partial charge is 0.240 e. The number of benzene rings is 1. The van der Waals surface area contributed by atoms with E-state index in [2.05, 4.69) is 32.0 Å². The SMILES string of the molecule is Nc1nc2cccc(N3CCN(c4cccc(Cl)c4)CC3)n2n1. The highest BCUT2D eigenvalue weighted by molar-refractivity contribution is 6.30. The fourth-order valence-electron chi connectivity index (χ4n) is 3.01. The standard InChI is InChI=1S/C16H17ClN6/c17-12-3-1-4-13(11-12)21-7-9-22(10-8-21)15-6-2-5-14-19-16(18)20-23(14)15/h1-6,11H,7-10H2,(H2,18,20). The Bertz CT molecular complexity index is 837. The van der Waals surface area contributed by atoms with Gasteiger partial charge in [0.15, 0.2) is 5.65 Å². The first-order valence-electron chi connectivity index (χ1n) is 7.57. The molecule has 2 aromatic heterocycles. The number of nitrogen functional groups attached to an aromatic ring is 1. The Labute approximate surface area is 139 Å². The number of aromatic nitrogens is 3. The topological polar surface area (TPSA) is 62.7 Å². The van der Waals surface area contributed by atoms with E-state index in [0.717, 1.165) is 42.7 Å². The van der Waals surface area contributed by atoms with Crippen LogP contribution in [0.4, 0.5) is 17.5 Å². The van der Waals surface area contributed by atoms with Gasteiger partial charge in [0.25, 0.3) is 0 Å². The molecule has 0 radical (unpaired) electrons. The maximum atomic E-state index is 6.09. The highest BCUT2D eigenvalue weighted by Crippen LogP contribution is 2.23. The number of rotatable bonds is 2. The molecule has 23 heavy (non-hydrogen) atoms. The molecule has 0 amide bonds. The largest absolute Gasteiger partial charge is 0.368 e. The number of hydrogen-bond donors (Lipinski definition) is 1. The second kappa shape index (κ2) is 5.62. The summed E-state index contributed by atoms with van der Waals surface area (Å²) in [5.74, 6) is 1.33. The van der Waals surface area contributed by atoms with Gasteiger partial charge >= 0.3 is 0 Å². The third-order valence-corrected chi connectivity index (χ3v) is 4.37. The average Bonchev–Trinajstić information content (AvgIpc) is 2.95. The third kappa shape index (κ3) is 2.66. The molecule has 1 aliphatic rings. The zero-order valence-electron chi connectivity index (χ0n) is 12.6. The van der Waals surface area contributed by atoms with E-state index in [1.165, 1.54) is 5.69 Å². The molecule has 3 heterocycles. The first kappa shape index (κ1) is 14.1. The maximum absolute atomic E-state index is 6.09. The van der Waals surface area contributed by atoms with Gasteiger partial charge in [-0.15, -0.1) is 5.10 Å². The highest BCUT2D eigenvalue weighted by Gasteiger charge is 2.20. The van der Waals surface area contributed by atoms with Gasteiger partial charge in [0, 0.05) is 36.9 Å². The molecule has 1 aromatic carbocycles. The van der Waals surface area contributed by atoms with Gasteiger partial charge in [0.1, 0.15) is 5.82 Å². The van der Waals surface area contributed by atoms with Gasteiger partial charge in [0.05, 0.1) is 0 Å². The van der Waals surface area contributed by atoms with E-state index in [-0.39, 0.29) is 0 Å². The predicted molar refractivity (Wildman–Crippen MR) is 93.3 cm³/mol. The zero-order chi connectivity index (χ0) is 15.8. The Balaban J connectivity index is 1.55. The molecule has 4 rings (SSSR count). The maximum Gasteiger partial charge on any atom is 0.240 e. The van der Waals surface area contributed by atoms with E-state index >= 15 is 0 Å². The van der Waals surface area contributed by atoms with Gasteiger partial charge in [-0.25, -0.2) is 0 Å². The second-order valence-electron chi connectivity index (χ2n) is 5.58. The summed E-state index contributed by atoms with van der Waals surface area (Å²) in [6.45, 7) is 3.68. The summed E-state index contributed by atoms with van der Waals surface area (Å²) in [6, 6.07) is 13.9. The van der Waals surface area contributed by atoms with Crippen LogP contribution in [0.15, 0.2) is 42.5 Å². The normalized spacial score (nSPS) is 15.3. The van der Waals surface area contributed by atoms with Gasteiger partial charge in [0.2, 0.25) is 5.95 Å². The van der Waals surface area contributed by atoms with Gasteiger partial charge < -0.3 is 15.5 Å². The highest BCUT2D eigenvalue weighted by atomic mass is 35.5. The molecule has 0 saturated carbocycles. The quantitative estimate of drug-likeness (QED) is 0.782. The van der Waals surface area contributed by atoms with Crippen molar-refractivity contribution in [3.05, 3.63) is 47.5 Å². The molecular weight excluding hydrogens is 312 g/mol. The summed E-state index contributed by atoms with van der Waals surface area (Å²) in [4.78, 5) is 8.87. The van der Waals surface area contributed by atoms with Crippen molar-refractivity contribution in [3.8, 4) is 0 Å². The van der Waals surface area contributed by atoms with E-state index in [4.69, 9.17) is 17.3 Å². The number of pyridine rings is 1. The van der Waals surface area contributed by atoms with Crippen LogP contribution in [0.3, 0.4) is 0 Å². The van der Waals surface area contributed by atoms with Crippen molar-refractivity contribution in [3.63, 3.8) is 0 Å². The molecule has 0 spiro atoms. The fourth-order valence-corrected chi connectivity index (χ4v) is 3.20. The van der Waals surface area contributed by atoms with Crippen LogP contribution in [0, 0.1) is 0 Å². The van der Waals surface area contributed by atoms with Crippen molar-refractivity contribution >= 4 is 34.7 Å². The van der Waals surface area contributed by atoms with Crippen molar-refractivity contribution in [1.29, 1.82) is 0 Å². The molecule has 2 N–H and O–H groups in total. The van der Waals surface area contributed by atoms with E-state index in [1.54, 1.807) is 0 Å². The summed E-state index contributed by atoms with van der Waals surface area (Å²) in [7, 11) is 0. The minimum Gasteiger partial charge on any atom is -0.368 e. The zero-order valence-corrected chi connectivity index (χ0v) is 13.3. The Morgan fingerprint density at radius 1 is 0.957 bits per heavy atom. The molecule has 3 aromatic rings. The van der Waals surface area contributed by atoms with Crippen molar-refractivity contribution in [2.24, 2.45) is 0 Å². The van der Waals surface area contributed by atoms with Crippen molar-refractivity contribution in [2.45, 2.75) is 0 Å². The minimum absolute atomic E-state index is 0.301. The molecule has 1 saturated heterocycles. The minimum atomic E-state index is 0.301. The number of anilines is 3.